The molecule has 3 rings (SSSR count). The van der Waals surface area contributed by atoms with Crippen molar-refractivity contribution in [1.29, 1.82) is 0 Å². The average Bonchev–Trinajstić information content (AvgIpc) is 3.18. The van der Waals surface area contributed by atoms with Crippen LogP contribution in [0, 0.1) is 0 Å². The molecule has 1 aliphatic rings. The first-order valence-corrected chi connectivity index (χ1v) is 8.22. The van der Waals surface area contributed by atoms with Crippen molar-refractivity contribution in [3.8, 4) is 0 Å². The van der Waals surface area contributed by atoms with Crippen molar-refractivity contribution in [3.63, 3.8) is 0 Å². The molecule has 3 atom stereocenters. The summed E-state index contributed by atoms with van der Waals surface area (Å²) in [6, 6.07) is 8.65. The third-order valence-corrected chi connectivity index (χ3v) is 4.22. The maximum Gasteiger partial charge on any atom is 0.319 e. The van der Waals surface area contributed by atoms with E-state index < -0.39 is 12.2 Å². The molecule has 0 saturated carbocycles. The second-order valence-corrected chi connectivity index (χ2v) is 6.01. The fourth-order valence-electron chi connectivity index (χ4n) is 2.72. The highest BCUT2D eigenvalue weighted by Crippen LogP contribution is 2.14. The molecule has 0 spiro atoms. The van der Waals surface area contributed by atoms with Gasteiger partial charge in [0.05, 0.1) is 25.3 Å². The molecule has 0 aliphatic carbocycles. The van der Waals surface area contributed by atoms with Crippen LogP contribution in [0.15, 0.2) is 42.7 Å². The van der Waals surface area contributed by atoms with Gasteiger partial charge in [0.2, 0.25) is 0 Å². The van der Waals surface area contributed by atoms with Gasteiger partial charge in [-0.25, -0.2) is 9.78 Å². The lowest BCUT2D eigenvalue weighted by molar-refractivity contribution is 0.0428. The Morgan fingerprint density at radius 2 is 2.20 bits per heavy atom. The van der Waals surface area contributed by atoms with Gasteiger partial charge in [-0.05, 0) is 12.1 Å². The molecule has 1 aromatic heterocycles. The zero-order chi connectivity index (χ0) is 17.6. The molecule has 134 valence electrons. The zero-order valence-corrected chi connectivity index (χ0v) is 14.1. The SMILES string of the molecule is Cn1ccnc1CN[C@@H]1CO[C@H](CNC(=O)Nc2ccccc2)[C@H]1O. The van der Waals surface area contributed by atoms with E-state index >= 15 is 0 Å². The van der Waals surface area contributed by atoms with Crippen LogP contribution in [0.5, 0.6) is 0 Å². The highest BCUT2D eigenvalue weighted by atomic mass is 16.5. The number of hydrogen-bond donors (Lipinski definition) is 4. The number of nitrogens with zero attached hydrogens (tertiary/aromatic N) is 2. The normalized spacial score (nSPS) is 22.7. The van der Waals surface area contributed by atoms with Gasteiger partial charge >= 0.3 is 6.03 Å². The molecule has 1 saturated heterocycles. The Kier molecular flexibility index (Phi) is 5.64. The molecule has 0 bridgehead atoms. The van der Waals surface area contributed by atoms with E-state index in [1.807, 2.05) is 36.0 Å². The number of carbonyl (C=O) groups is 1. The number of nitrogens with one attached hydrogen (secondary N) is 3. The molecule has 0 unspecified atom stereocenters. The smallest absolute Gasteiger partial charge is 0.319 e. The second kappa shape index (κ2) is 8.11. The van der Waals surface area contributed by atoms with Gasteiger partial charge in [-0.15, -0.1) is 0 Å². The number of ether oxygens (including phenoxy) is 1. The summed E-state index contributed by atoms with van der Waals surface area (Å²) in [7, 11) is 1.92. The van der Waals surface area contributed by atoms with E-state index in [0.29, 0.717) is 18.8 Å². The predicted molar refractivity (Wildman–Crippen MR) is 93.0 cm³/mol. The van der Waals surface area contributed by atoms with Crippen LogP contribution in [0.1, 0.15) is 5.82 Å². The van der Waals surface area contributed by atoms with Gasteiger partial charge in [-0.3, -0.25) is 0 Å². The number of carbonyl (C=O) groups excluding carboxylic acids is 1. The maximum atomic E-state index is 11.9. The summed E-state index contributed by atoms with van der Waals surface area (Å²) < 4.78 is 7.52. The summed E-state index contributed by atoms with van der Waals surface area (Å²) >= 11 is 0. The molecule has 8 heteroatoms. The van der Waals surface area contributed by atoms with Gasteiger partial charge in [0.15, 0.2) is 0 Å². The fraction of sp³-hybridized carbons (Fsp3) is 0.412. The molecule has 1 aliphatic heterocycles. The van der Waals surface area contributed by atoms with Gasteiger partial charge in [-0.2, -0.15) is 0 Å². The van der Waals surface area contributed by atoms with E-state index in [4.69, 9.17) is 4.74 Å². The van der Waals surface area contributed by atoms with E-state index in [-0.39, 0.29) is 18.6 Å². The van der Waals surface area contributed by atoms with Crippen molar-refractivity contribution in [3.05, 3.63) is 48.5 Å². The summed E-state index contributed by atoms with van der Waals surface area (Å²) in [5.74, 6) is 0.885. The Labute approximate surface area is 146 Å². The molecule has 2 amide bonds. The van der Waals surface area contributed by atoms with Crippen LogP contribution in [-0.4, -0.2) is 52.1 Å². The lowest BCUT2D eigenvalue weighted by atomic mass is 10.1. The van der Waals surface area contributed by atoms with E-state index in [1.54, 1.807) is 18.3 Å². The highest BCUT2D eigenvalue weighted by Gasteiger charge is 2.35. The van der Waals surface area contributed by atoms with Crippen LogP contribution in [0.3, 0.4) is 0 Å². The van der Waals surface area contributed by atoms with E-state index in [0.717, 1.165) is 5.82 Å². The molecular weight excluding hydrogens is 322 g/mol. The number of aryl methyl sites for hydroxylation is 1. The van der Waals surface area contributed by atoms with Crippen molar-refractivity contribution in [2.45, 2.75) is 24.8 Å². The minimum atomic E-state index is -0.697. The number of urea groups is 1. The van der Waals surface area contributed by atoms with E-state index in [9.17, 15) is 9.90 Å². The number of anilines is 1. The number of aromatic nitrogens is 2. The van der Waals surface area contributed by atoms with Crippen molar-refractivity contribution >= 4 is 11.7 Å². The molecule has 2 aromatic rings. The lowest BCUT2D eigenvalue weighted by Gasteiger charge is -2.19. The monoisotopic (exact) mass is 345 g/mol. The van der Waals surface area contributed by atoms with E-state index in [2.05, 4.69) is 20.9 Å². The topological polar surface area (TPSA) is 100 Å². The lowest BCUT2D eigenvalue weighted by Crippen LogP contribution is -2.45. The molecule has 8 nitrogen and oxygen atoms in total. The number of para-hydroxylation sites is 1. The number of benzene rings is 1. The summed E-state index contributed by atoms with van der Waals surface area (Å²) in [5.41, 5.74) is 0.711. The fourth-order valence-corrected chi connectivity index (χ4v) is 2.72. The first-order chi connectivity index (χ1) is 12.1. The first-order valence-electron chi connectivity index (χ1n) is 8.22. The molecule has 1 fully saturated rings. The summed E-state index contributed by atoms with van der Waals surface area (Å²) in [6.07, 6.45) is 2.46. The summed E-state index contributed by atoms with van der Waals surface area (Å²) in [5, 5.41) is 19.1. The van der Waals surface area contributed by atoms with Crippen LogP contribution in [-0.2, 0) is 18.3 Å². The molecule has 1 aromatic carbocycles. The quantitative estimate of drug-likeness (QED) is 0.609. The van der Waals surface area contributed by atoms with Crippen LogP contribution in [0.4, 0.5) is 10.5 Å². The molecule has 2 heterocycles. The van der Waals surface area contributed by atoms with Gasteiger partial charge in [0.25, 0.3) is 0 Å². The molecule has 25 heavy (non-hydrogen) atoms. The number of hydrogen-bond acceptors (Lipinski definition) is 5. The van der Waals surface area contributed by atoms with E-state index in [1.165, 1.54) is 0 Å². The summed E-state index contributed by atoms with van der Waals surface area (Å²) in [6.45, 7) is 1.17. The minimum Gasteiger partial charge on any atom is -0.389 e. The average molecular weight is 345 g/mol. The largest absolute Gasteiger partial charge is 0.389 e. The zero-order valence-electron chi connectivity index (χ0n) is 14.1. The number of rotatable bonds is 6. The first kappa shape index (κ1) is 17.4. The van der Waals surface area contributed by atoms with Crippen LogP contribution >= 0.6 is 0 Å². The third kappa shape index (κ3) is 4.56. The van der Waals surface area contributed by atoms with Gasteiger partial charge in [-0.1, -0.05) is 18.2 Å². The Balaban J connectivity index is 1.42. The van der Waals surface area contributed by atoms with Crippen molar-refractivity contribution in [2.24, 2.45) is 7.05 Å². The van der Waals surface area contributed by atoms with Gasteiger partial charge < -0.3 is 30.4 Å². The molecule has 4 N–H and O–H groups in total. The standard InChI is InChI=1S/C17H23N5O3/c1-22-8-7-18-15(22)10-19-13-11-25-14(16(13)23)9-20-17(24)21-12-5-3-2-4-6-12/h2-8,13-14,16,19,23H,9-11H2,1H3,(H2,20,21,24)/t13-,14-,16+/m1/s1. The Morgan fingerprint density at radius 1 is 1.40 bits per heavy atom. The number of aliphatic hydroxyl groups excluding tert-OH is 1. The number of aliphatic hydroxyl groups is 1. The van der Waals surface area contributed by atoms with Gasteiger partial charge in [0.1, 0.15) is 11.9 Å². The van der Waals surface area contributed by atoms with Crippen molar-refractivity contribution in [1.82, 2.24) is 20.2 Å². The number of amides is 2. The number of imidazole rings is 1. The van der Waals surface area contributed by atoms with Crippen molar-refractivity contribution < 1.29 is 14.6 Å². The van der Waals surface area contributed by atoms with Crippen LogP contribution in [0.2, 0.25) is 0 Å². The third-order valence-electron chi connectivity index (χ3n) is 4.22. The Morgan fingerprint density at radius 3 is 2.92 bits per heavy atom. The Bertz CT molecular complexity index is 691. The second-order valence-electron chi connectivity index (χ2n) is 6.01. The van der Waals surface area contributed by atoms with Gasteiger partial charge in [0, 0.05) is 31.7 Å². The molecule has 0 radical (unpaired) electrons. The Hall–Kier alpha value is -2.42. The molecular formula is C17H23N5O3. The minimum absolute atomic E-state index is 0.194. The van der Waals surface area contributed by atoms with Crippen LogP contribution in [0.25, 0.3) is 0 Å². The highest BCUT2D eigenvalue weighted by molar-refractivity contribution is 5.89. The predicted octanol–water partition coefficient (Wildman–Crippen LogP) is 0.460. The summed E-state index contributed by atoms with van der Waals surface area (Å²) in [4.78, 5) is 16.1. The van der Waals surface area contributed by atoms with Crippen molar-refractivity contribution in [2.75, 3.05) is 18.5 Å². The maximum absolute atomic E-state index is 11.9. The van der Waals surface area contributed by atoms with Crippen LogP contribution < -0.4 is 16.0 Å².